The van der Waals surface area contributed by atoms with Gasteiger partial charge in [0.15, 0.2) is 0 Å². The van der Waals surface area contributed by atoms with Gasteiger partial charge in [0.1, 0.15) is 5.75 Å². The molecule has 0 aliphatic carbocycles. The highest BCUT2D eigenvalue weighted by Gasteiger charge is 2.13. The van der Waals surface area contributed by atoms with Crippen molar-refractivity contribution < 1.29 is 14.3 Å². The van der Waals surface area contributed by atoms with Crippen molar-refractivity contribution >= 4 is 46.9 Å². The van der Waals surface area contributed by atoms with Crippen molar-refractivity contribution in [2.75, 3.05) is 12.4 Å². The van der Waals surface area contributed by atoms with Gasteiger partial charge in [-0.25, -0.2) is 5.43 Å². The van der Waals surface area contributed by atoms with Gasteiger partial charge >= 0.3 is 11.8 Å². The number of hydrogen-bond donors (Lipinski definition) is 2. The molecule has 124 valence electrons. The Morgan fingerprint density at radius 1 is 1.08 bits per heavy atom. The van der Waals surface area contributed by atoms with Crippen LogP contribution in [0.1, 0.15) is 5.56 Å². The summed E-state index contributed by atoms with van der Waals surface area (Å²) < 4.78 is 5.03. The zero-order valence-electron chi connectivity index (χ0n) is 12.5. The number of nitrogens with zero attached hydrogens (tertiary/aromatic N) is 1. The predicted octanol–water partition coefficient (Wildman–Crippen LogP) is 3.09. The predicted molar refractivity (Wildman–Crippen MR) is 93.8 cm³/mol. The van der Waals surface area contributed by atoms with E-state index in [2.05, 4.69) is 15.8 Å². The summed E-state index contributed by atoms with van der Waals surface area (Å²) in [6.45, 7) is 0. The van der Waals surface area contributed by atoms with Crippen molar-refractivity contribution in [3.63, 3.8) is 0 Å². The SMILES string of the molecule is COc1cccc(NC(=O)C(=O)N/N=C\c2ccc(Cl)c(Cl)c2)c1. The van der Waals surface area contributed by atoms with Crippen molar-refractivity contribution in [3.8, 4) is 5.75 Å². The first-order valence-electron chi connectivity index (χ1n) is 6.73. The molecule has 0 atom stereocenters. The number of anilines is 1. The minimum Gasteiger partial charge on any atom is -0.497 e. The van der Waals surface area contributed by atoms with Crippen molar-refractivity contribution in [1.82, 2.24) is 5.43 Å². The highest BCUT2D eigenvalue weighted by Crippen LogP contribution is 2.21. The van der Waals surface area contributed by atoms with E-state index in [-0.39, 0.29) is 0 Å². The van der Waals surface area contributed by atoms with Gasteiger partial charge < -0.3 is 10.1 Å². The minimum atomic E-state index is -0.908. The van der Waals surface area contributed by atoms with Crippen molar-refractivity contribution in [2.45, 2.75) is 0 Å². The Morgan fingerprint density at radius 2 is 1.88 bits per heavy atom. The molecule has 0 fully saturated rings. The molecule has 6 nitrogen and oxygen atoms in total. The third kappa shape index (κ3) is 4.97. The van der Waals surface area contributed by atoms with Crippen LogP contribution < -0.4 is 15.5 Å². The number of rotatable bonds is 4. The monoisotopic (exact) mass is 365 g/mol. The molecule has 0 heterocycles. The Bertz CT molecular complexity index is 794. The first-order chi connectivity index (χ1) is 11.5. The van der Waals surface area contributed by atoms with Crippen LogP contribution in [-0.2, 0) is 9.59 Å². The molecule has 2 amide bonds. The Balaban J connectivity index is 1.92. The fourth-order valence-corrected chi connectivity index (χ4v) is 2.00. The second-order valence-electron chi connectivity index (χ2n) is 4.56. The van der Waals surface area contributed by atoms with Crippen LogP contribution in [0.4, 0.5) is 5.69 Å². The van der Waals surface area contributed by atoms with Gasteiger partial charge in [-0.1, -0.05) is 35.3 Å². The van der Waals surface area contributed by atoms with Gasteiger partial charge in [0.05, 0.1) is 23.4 Å². The molecule has 0 saturated carbocycles. The lowest BCUT2D eigenvalue weighted by molar-refractivity contribution is -0.136. The number of nitrogens with one attached hydrogen (secondary N) is 2. The van der Waals surface area contributed by atoms with Crippen LogP contribution in [0.15, 0.2) is 47.6 Å². The highest BCUT2D eigenvalue weighted by molar-refractivity contribution is 6.42. The number of amides is 2. The Labute approximate surface area is 148 Å². The van der Waals surface area contributed by atoms with Gasteiger partial charge in [0.25, 0.3) is 0 Å². The smallest absolute Gasteiger partial charge is 0.329 e. The Morgan fingerprint density at radius 3 is 2.58 bits per heavy atom. The Hall–Kier alpha value is -2.57. The second kappa shape index (κ2) is 8.33. The van der Waals surface area contributed by atoms with Crippen LogP contribution in [0, 0.1) is 0 Å². The maximum atomic E-state index is 11.8. The summed E-state index contributed by atoms with van der Waals surface area (Å²) in [6.07, 6.45) is 1.35. The molecular formula is C16H13Cl2N3O3. The van der Waals surface area contributed by atoms with E-state index >= 15 is 0 Å². The lowest BCUT2D eigenvalue weighted by atomic mass is 10.2. The largest absolute Gasteiger partial charge is 0.497 e. The molecule has 0 aliphatic rings. The molecule has 2 rings (SSSR count). The van der Waals surface area contributed by atoms with Crippen LogP contribution in [0.2, 0.25) is 10.0 Å². The fraction of sp³-hybridized carbons (Fsp3) is 0.0625. The lowest BCUT2D eigenvalue weighted by Gasteiger charge is -2.05. The normalized spacial score (nSPS) is 10.5. The number of methoxy groups -OCH3 is 1. The van der Waals surface area contributed by atoms with Gasteiger partial charge in [0.2, 0.25) is 0 Å². The first-order valence-corrected chi connectivity index (χ1v) is 7.48. The molecule has 2 aromatic rings. The van der Waals surface area contributed by atoms with E-state index in [1.54, 1.807) is 42.5 Å². The maximum Gasteiger partial charge on any atom is 0.329 e. The van der Waals surface area contributed by atoms with Crippen molar-refractivity contribution in [1.29, 1.82) is 0 Å². The van der Waals surface area contributed by atoms with Crippen LogP contribution >= 0.6 is 23.2 Å². The molecular weight excluding hydrogens is 353 g/mol. The van der Waals surface area contributed by atoms with Crippen LogP contribution in [-0.4, -0.2) is 25.1 Å². The van der Waals surface area contributed by atoms with Crippen molar-refractivity contribution in [2.24, 2.45) is 5.10 Å². The standard InChI is InChI=1S/C16H13Cl2N3O3/c1-24-12-4-2-3-11(8-12)20-15(22)16(23)21-19-9-10-5-6-13(17)14(18)7-10/h2-9H,1H3,(H,20,22)(H,21,23)/b19-9-. The van der Waals surface area contributed by atoms with E-state index in [4.69, 9.17) is 27.9 Å². The van der Waals surface area contributed by atoms with E-state index in [9.17, 15) is 9.59 Å². The molecule has 2 N–H and O–H groups in total. The third-order valence-corrected chi connectivity index (χ3v) is 3.60. The number of carbonyl (C=O) groups excluding carboxylic acids is 2. The summed E-state index contributed by atoms with van der Waals surface area (Å²) in [5.74, 6) is -1.20. The van der Waals surface area contributed by atoms with Gasteiger partial charge in [-0.3, -0.25) is 9.59 Å². The van der Waals surface area contributed by atoms with E-state index in [0.717, 1.165) is 0 Å². The molecule has 0 bridgehead atoms. The fourth-order valence-electron chi connectivity index (χ4n) is 1.70. The lowest BCUT2D eigenvalue weighted by Crippen LogP contribution is -2.32. The van der Waals surface area contributed by atoms with E-state index in [1.807, 2.05) is 0 Å². The zero-order chi connectivity index (χ0) is 17.5. The number of benzene rings is 2. The van der Waals surface area contributed by atoms with Gasteiger partial charge in [-0.2, -0.15) is 5.10 Å². The van der Waals surface area contributed by atoms with Gasteiger partial charge in [-0.05, 0) is 29.8 Å². The Kier molecular flexibility index (Phi) is 6.17. The van der Waals surface area contributed by atoms with Crippen LogP contribution in [0.3, 0.4) is 0 Å². The average Bonchev–Trinajstić information content (AvgIpc) is 2.58. The quantitative estimate of drug-likeness (QED) is 0.496. The summed E-state index contributed by atoms with van der Waals surface area (Å²) >= 11 is 11.7. The van der Waals surface area contributed by atoms with E-state index in [0.29, 0.717) is 27.0 Å². The summed E-state index contributed by atoms with van der Waals surface area (Å²) in [5, 5.41) is 6.91. The number of hydrazone groups is 1. The van der Waals surface area contributed by atoms with E-state index in [1.165, 1.54) is 13.3 Å². The number of halogens is 2. The van der Waals surface area contributed by atoms with Gasteiger partial charge in [0, 0.05) is 11.8 Å². The molecule has 0 radical (unpaired) electrons. The molecule has 8 heteroatoms. The third-order valence-electron chi connectivity index (χ3n) is 2.86. The maximum absolute atomic E-state index is 11.8. The summed E-state index contributed by atoms with van der Waals surface area (Å²) in [5.41, 5.74) is 3.18. The number of ether oxygens (including phenoxy) is 1. The number of carbonyl (C=O) groups is 2. The molecule has 24 heavy (non-hydrogen) atoms. The molecule has 0 aromatic heterocycles. The summed E-state index contributed by atoms with van der Waals surface area (Å²) in [6, 6.07) is 11.5. The van der Waals surface area contributed by atoms with Crippen molar-refractivity contribution in [3.05, 3.63) is 58.1 Å². The molecule has 2 aromatic carbocycles. The van der Waals surface area contributed by atoms with E-state index < -0.39 is 11.8 Å². The average molecular weight is 366 g/mol. The molecule has 0 unspecified atom stereocenters. The molecule has 0 aliphatic heterocycles. The summed E-state index contributed by atoms with van der Waals surface area (Å²) in [4.78, 5) is 23.5. The first kappa shape index (κ1) is 17.8. The molecule has 0 saturated heterocycles. The topological polar surface area (TPSA) is 79.8 Å². The zero-order valence-corrected chi connectivity index (χ0v) is 14.1. The second-order valence-corrected chi connectivity index (χ2v) is 5.37. The molecule has 0 spiro atoms. The highest BCUT2D eigenvalue weighted by atomic mass is 35.5. The minimum absolute atomic E-state index is 0.364. The van der Waals surface area contributed by atoms with Crippen LogP contribution in [0.25, 0.3) is 0 Å². The summed E-state index contributed by atoms with van der Waals surface area (Å²) in [7, 11) is 1.51. The van der Waals surface area contributed by atoms with Crippen LogP contribution in [0.5, 0.6) is 5.75 Å². The van der Waals surface area contributed by atoms with Gasteiger partial charge in [-0.15, -0.1) is 0 Å². The number of hydrogen-bond acceptors (Lipinski definition) is 4.